The van der Waals surface area contributed by atoms with Crippen molar-refractivity contribution in [3.63, 3.8) is 0 Å². The fraction of sp³-hybridized carbons (Fsp3) is 0.833. The second-order valence-corrected chi connectivity index (χ2v) is 4.58. The first-order chi connectivity index (χ1) is 6.58. The van der Waals surface area contributed by atoms with Crippen LogP contribution in [0.3, 0.4) is 0 Å². The Bertz CT molecular complexity index is 232. The smallest absolute Gasteiger partial charge is 0.138 e. The molecule has 0 radical (unpaired) electrons. The summed E-state index contributed by atoms with van der Waals surface area (Å²) >= 11 is 0. The molecule has 1 saturated carbocycles. The summed E-state index contributed by atoms with van der Waals surface area (Å²) in [5.74, 6) is 0.650. The summed E-state index contributed by atoms with van der Waals surface area (Å²) in [4.78, 5) is 22.9. The van der Waals surface area contributed by atoms with Crippen LogP contribution < -0.4 is 0 Å². The molecule has 1 atom stereocenters. The van der Waals surface area contributed by atoms with E-state index in [2.05, 4.69) is 0 Å². The lowest BCUT2D eigenvalue weighted by Gasteiger charge is -2.31. The zero-order chi connectivity index (χ0) is 10.6. The largest absolute Gasteiger partial charge is 0.300 e. The highest BCUT2D eigenvalue weighted by molar-refractivity contribution is 5.86. The third kappa shape index (κ3) is 2.66. The van der Waals surface area contributed by atoms with E-state index in [1.165, 1.54) is 0 Å². The van der Waals surface area contributed by atoms with Gasteiger partial charge in [-0.05, 0) is 19.3 Å². The molecule has 1 fully saturated rings. The average Bonchev–Trinajstić information content (AvgIpc) is 2.19. The fourth-order valence-electron chi connectivity index (χ4n) is 2.10. The predicted octanol–water partition coefficient (Wildman–Crippen LogP) is 2.90. The van der Waals surface area contributed by atoms with Crippen molar-refractivity contribution in [2.24, 2.45) is 5.41 Å². The van der Waals surface area contributed by atoms with Gasteiger partial charge in [-0.1, -0.05) is 20.3 Å². The van der Waals surface area contributed by atoms with Gasteiger partial charge in [-0.2, -0.15) is 0 Å². The second-order valence-electron chi connectivity index (χ2n) is 4.58. The summed E-state index contributed by atoms with van der Waals surface area (Å²) in [7, 11) is 0. The normalized spacial score (nSPS) is 27.7. The van der Waals surface area contributed by atoms with Crippen LogP contribution in [0, 0.1) is 5.41 Å². The molecule has 2 nitrogen and oxygen atoms in total. The highest BCUT2D eigenvalue weighted by Gasteiger charge is 2.34. The molecule has 80 valence electrons. The van der Waals surface area contributed by atoms with Gasteiger partial charge in [-0.15, -0.1) is 0 Å². The quantitative estimate of drug-likeness (QED) is 0.692. The molecule has 0 aromatic rings. The van der Waals surface area contributed by atoms with Crippen molar-refractivity contribution in [2.45, 2.75) is 58.8 Å². The average molecular weight is 196 g/mol. The first-order valence-electron chi connectivity index (χ1n) is 5.63. The topological polar surface area (TPSA) is 34.1 Å². The van der Waals surface area contributed by atoms with Crippen LogP contribution >= 0.6 is 0 Å². The van der Waals surface area contributed by atoms with E-state index in [0.29, 0.717) is 18.6 Å². The molecule has 1 rings (SSSR count). The van der Waals surface area contributed by atoms with Crippen LogP contribution in [-0.2, 0) is 9.59 Å². The van der Waals surface area contributed by atoms with Crippen LogP contribution in [0.15, 0.2) is 0 Å². The van der Waals surface area contributed by atoms with Gasteiger partial charge in [0.15, 0.2) is 0 Å². The van der Waals surface area contributed by atoms with Crippen molar-refractivity contribution in [3.05, 3.63) is 0 Å². The Labute approximate surface area is 86.1 Å². The minimum absolute atomic E-state index is 0.191. The number of carbonyl (C=O) groups excluding carboxylic acids is 2. The maximum Gasteiger partial charge on any atom is 0.138 e. The monoisotopic (exact) mass is 196 g/mol. The lowest BCUT2D eigenvalue weighted by molar-refractivity contribution is -0.131. The molecule has 0 aromatic heterocycles. The summed E-state index contributed by atoms with van der Waals surface area (Å²) in [6.07, 6.45) is 5.82. The van der Waals surface area contributed by atoms with Crippen molar-refractivity contribution < 1.29 is 9.59 Å². The van der Waals surface area contributed by atoms with Gasteiger partial charge in [0.25, 0.3) is 0 Å². The van der Waals surface area contributed by atoms with Crippen molar-refractivity contribution in [1.29, 1.82) is 0 Å². The van der Waals surface area contributed by atoms with Crippen LogP contribution in [0.5, 0.6) is 0 Å². The molecule has 0 heterocycles. The zero-order valence-electron chi connectivity index (χ0n) is 9.27. The number of Topliss-reactive ketones (excluding diaryl/α,β-unsaturated/α-hetero) is 2. The molecule has 0 unspecified atom stereocenters. The van der Waals surface area contributed by atoms with Gasteiger partial charge in [0, 0.05) is 24.7 Å². The first kappa shape index (κ1) is 11.4. The van der Waals surface area contributed by atoms with Crippen molar-refractivity contribution in [3.8, 4) is 0 Å². The summed E-state index contributed by atoms with van der Waals surface area (Å²) in [5.41, 5.74) is -0.191. The van der Waals surface area contributed by atoms with Gasteiger partial charge in [0.1, 0.15) is 11.6 Å². The highest BCUT2D eigenvalue weighted by Crippen LogP contribution is 2.36. The standard InChI is InChI=1S/C12H20O2/c1-3-10(13)7-9-12(2)8-5-4-6-11(12)14/h3-9H2,1-2H3/t12-/m0/s1. The second kappa shape index (κ2) is 4.72. The Balaban J connectivity index is 2.47. The molecule has 1 aliphatic carbocycles. The number of hydrogen-bond acceptors (Lipinski definition) is 2. The third-order valence-electron chi connectivity index (χ3n) is 3.41. The maximum absolute atomic E-state index is 11.7. The van der Waals surface area contributed by atoms with E-state index >= 15 is 0 Å². The molecule has 0 saturated heterocycles. The van der Waals surface area contributed by atoms with Gasteiger partial charge in [-0.25, -0.2) is 0 Å². The zero-order valence-corrected chi connectivity index (χ0v) is 9.27. The Morgan fingerprint density at radius 1 is 1.43 bits per heavy atom. The number of hydrogen-bond donors (Lipinski definition) is 0. The van der Waals surface area contributed by atoms with E-state index in [0.717, 1.165) is 32.1 Å². The van der Waals surface area contributed by atoms with Gasteiger partial charge in [0.05, 0.1) is 0 Å². The molecular formula is C12H20O2. The molecule has 0 aromatic carbocycles. The van der Waals surface area contributed by atoms with Gasteiger partial charge >= 0.3 is 0 Å². The van der Waals surface area contributed by atoms with E-state index in [4.69, 9.17) is 0 Å². The summed E-state index contributed by atoms with van der Waals surface area (Å²) < 4.78 is 0. The maximum atomic E-state index is 11.7. The minimum atomic E-state index is -0.191. The molecular weight excluding hydrogens is 176 g/mol. The van der Waals surface area contributed by atoms with E-state index in [9.17, 15) is 9.59 Å². The Morgan fingerprint density at radius 3 is 2.71 bits per heavy atom. The Kier molecular flexibility index (Phi) is 3.85. The molecule has 2 heteroatoms. The van der Waals surface area contributed by atoms with Crippen LogP contribution in [0.4, 0.5) is 0 Å². The molecule has 0 amide bonds. The van der Waals surface area contributed by atoms with Crippen LogP contribution in [0.25, 0.3) is 0 Å². The number of ketones is 2. The van der Waals surface area contributed by atoms with Gasteiger partial charge in [-0.3, -0.25) is 9.59 Å². The summed E-state index contributed by atoms with van der Waals surface area (Å²) in [5, 5.41) is 0. The molecule has 1 aliphatic rings. The first-order valence-corrected chi connectivity index (χ1v) is 5.63. The minimum Gasteiger partial charge on any atom is -0.300 e. The van der Waals surface area contributed by atoms with Crippen LogP contribution in [-0.4, -0.2) is 11.6 Å². The molecule has 0 aliphatic heterocycles. The predicted molar refractivity (Wildman–Crippen MR) is 56.1 cm³/mol. The van der Waals surface area contributed by atoms with E-state index in [-0.39, 0.29) is 11.2 Å². The van der Waals surface area contributed by atoms with Crippen LogP contribution in [0.2, 0.25) is 0 Å². The summed E-state index contributed by atoms with van der Waals surface area (Å²) in [6.45, 7) is 3.91. The molecule has 0 N–H and O–H groups in total. The van der Waals surface area contributed by atoms with Gasteiger partial charge < -0.3 is 0 Å². The van der Waals surface area contributed by atoms with E-state index in [1.807, 2.05) is 13.8 Å². The van der Waals surface area contributed by atoms with Crippen molar-refractivity contribution in [2.75, 3.05) is 0 Å². The van der Waals surface area contributed by atoms with Crippen molar-refractivity contribution >= 4 is 11.6 Å². The van der Waals surface area contributed by atoms with Gasteiger partial charge in [0.2, 0.25) is 0 Å². The number of carbonyl (C=O) groups is 2. The van der Waals surface area contributed by atoms with E-state index in [1.54, 1.807) is 0 Å². The Morgan fingerprint density at radius 2 is 2.14 bits per heavy atom. The highest BCUT2D eigenvalue weighted by atomic mass is 16.1. The summed E-state index contributed by atoms with van der Waals surface area (Å²) in [6, 6.07) is 0. The fourth-order valence-corrected chi connectivity index (χ4v) is 2.10. The lowest BCUT2D eigenvalue weighted by Crippen LogP contribution is -2.31. The molecule has 0 spiro atoms. The third-order valence-corrected chi connectivity index (χ3v) is 3.41. The Hall–Kier alpha value is -0.660. The van der Waals surface area contributed by atoms with Crippen LogP contribution in [0.1, 0.15) is 58.8 Å². The molecule has 14 heavy (non-hydrogen) atoms. The van der Waals surface area contributed by atoms with Crippen molar-refractivity contribution in [1.82, 2.24) is 0 Å². The number of rotatable bonds is 4. The lowest BCUT2D eigenvalue weighted by atomic mass is 9.71. The molecule has 0 bridgehead atoms. The SMILES string of the molecule is CCC(=O)CC[C@]1(C)CCCCC1=O. The van der Waals surface area contributed by atoms with E-state index < -0.39 is 0 Å².